The molecule has 0 amide bonds. The van der Waals surface area contributed by atoms with E-state index in [-0.39, 0.29) is 22.7 Å². The third-order valence-corrected chi connectivity index (χ3v) is 3.88. The minimum absolute atomic E-state index is 0.0461. The minimum Gasteiger partial charge on any atom is -0.454 e. The summed E-state index contributed by atoms with van der Waals surface area (Å²) in [6.07, 6.45) is 0. The fourth-order valence-corrected chi connectivity index (χ4v) is 2.26. The number of benzene rings is 1. The number of aryl methyl sites for hydroxylation is 1. The number of carbonyl (C=O) groups excluding carboxylic acids is 2. The van der Waals surface area contributed by atoms with Crippen molar-refractivity contribution < 1.29 is 19.2 Å². The molecule has 2 rings (SSSR count). The molecule has 1 heterocycles. The monoisotopic (exact) mass is 331 g/mol. The van der Waals surface area contributed by atoms with Crippen molar-refractivity contribution >= 4 is 23.1 Å². The lowest BCUT2D eigenvalue weighted by Gasteiger charge is -2.07. The summed E-state index contributed by atoms with van der Waals surface area (Å²) in [4.78, 5) is 34.4. The highest BCUT2D eigenvalue weighted by atomic mass is 16.6. The number of hydrogen-bond donors (Lipinski definition) is 1. The van der Waals surface area contributed by atoms with Crippen molar-refractivity contribution in [1.82, 2.24) is 4.57 Å². The van der Waals surface area contributed by atoms with Crippen molar-refractivity contribution in [1.29, 1.82) is 0 Å². The number of esters is 1. The van der Waals surface area contributed by atoms with Gasteiger partial charge in [0.15, 0.2) is 6.61 Å². The fourth-order valence-electron chi connectivity index (χ4n) is 2.26. The smallest absolute Gasteiger partial charge is 0.340 e. The first-order valence-corrected chi connectivity index (χ1v) is 7.09. The molecule has 0 aliphatic rings. The Balaban J connectivity index is 2.13. The van der Waals surface area contributed by atoms with Gasteiger partial charge in [-0.15, -0.1) is 0 Å². The Morgan fingerprint density at radius 3 is 2.46 bits per heavy atom. The Labute approximate surface area is 138 Å². The van der Waals surface area contributed by atoms with Crippen molar-refractivity contribution in [3.05, 3.63) is 56.9 Å². The molecule has 8 heteroatoms. The molecule has 0 radical (unpaired) electrons. The number of nitrogens with zero attached hydrogens (tertiary/aromatic N) is 2. The standard InChI is InChI=1S/C16H17N3O5/c1-9-6-12(10(2)18(9)3)15(20)8-24-16(21)13-7-11(19(22)23)4-5-14(13)17/h4-7H,8,17H2,1-3H3. The first-order valence-electron chi connectivity index (χ1n) is 7.09. The van der Waals surface area contributed by atoms with Crippen LogP contribution in [0.1, 0.15) is 32.1 Å². The van der Waals surface area contributed by atoms with Crippen LogP contribution in [0.25, 0.3) is 0 Å². The lowest BCUT2D eigenvalue weighted by molar-refractivity contribution is -0.384. The number of Topliss-reactive ketones (excluding diaryl/α,β-unsaturated/α-hetero) is 1. The van der Waals surface area contributed by atoms with Crippen molar-refractivity contribution in [3.63, 3.8) is 0 Å². The second-order valence-electron chi connectivity index (χ2n) is 5.37. The zero-order chi connectivity index (χ0) is 18.0. The van der Waals surface area contributed by atoms with Crippen LogP contribution in [0.3, 0.4) is 0 Å². The number of rotatable bonds is 5. The van der Waals surface area contributed by atoms with Crippen LogP contribution in [-0.2, 0) is 11.8 Å². The number of ketones is 1. The third kappa shape index (κ3) is 3.27. The van der Waals surface area contributed by atoms with Crippen molar-refractivity contribution in [2.24, 2.45) is 7.05 Å². The lowest BCUT2D eigenvalue weighted by atomic mass is 10.1. The number of anilines is 1. The molecule has 126 valence electrons. The van der Waals surface area contributed by atoms with Crippen molar-refractivity contribution in [2.75, 3.05) is 12.3 Å². The van der Waals surface area contributed by atoms with Gasteiger partial charge < -0.3 is 15.0 Å². The Morgan fingerprint density at radius 2 is 1.92 bits per heavy atom. The summed E-state index contributed by atoms with van der Waals surface area (Å²) in [7, 11) is 1.83. The minimum atomic E-state index is -0.880. The summed E-state index contributed by atoms with van der Waals surface area (Å²) in [6, 6.07) is 5.18. The summed E-state index contributed by atoms with van der Waals surface area (Å²) in [5.74, 6) is -1.23. The van der Waals surface area contributed by atoms with E-state index in [1.54, 1.807) is 13.0 Å². The number of nitrogen functional groups attached to an aromatic ring is 1. The molecular weight excluding hydrogens is 314 g/mol. The van der Waals surface area contributed by atoms with Gasteiger partial charge in [-0.2, -0.15) is 0 Å². The van der Waals surface area contributed by atoms with Gasteiger partial charge in [0, 0.05) is 41.8 Å². The molecule has 0 aliphatic heterocycles. The van der Waals surface area contributed by atoms with Crippen molar-refractivity contribution in [2.45, 2.75) is 13.8 Å². The van der Waals surface area contributed by atoms with E-state index in [1.807, 2.05) is 18.5 Å². The highest BCUT2D eigenvalue weighted by Crippen LogP contribution is 2.21. The normalized spacial score (nSPS) is 10.5. The van der Waals surface area contributed by atoms with E-state index >= 15 is 0 Å². The Morgan fingerprint density at radius 1 is 1.25 bits per heavy atom. The molecule has 0 unspecified atom stereocenters. The summed E-state index contributed by atoms with van der Waals surface area (Å²) < 4.78 is 6.82. The number of nitro groups is 1. The molecule has 2 aromatic rings. The van der Waals surface area contributed by atoms with E-state index in [0.29, 0.717) is 5.56 Å². The van der Waals surface area contributed by atoms with Crippen LogP contribution >= 0.6 is 0 Å². The highest BCUT2D eigenvalue weighted by molar-refractivity contribution is 6.01. The zero-order valence-corrected chi connectivity index (χ0v) is 13.5. The van der Waals surface area contributed by atoms with Gasteiger partial charge in [-0.25, -0.2) is 4.79 Å². The number of non-ortho nitro benzene ring substituents is 1. The number of carbonyl (C=O) groups is 2. The first-order chi connectivity index (χ1) is 11.2. The quantitative estimate of drug-likeness (QED) is 0.295. The third-order valence-electron chi connectivity index (χ3n) is 3.88. The van der Waals surface area contributed by atoms with E-state index in [2.05, 4.69) is 0 Å². The summed E-state index contributed by atoms with van der Waals surface area (Å²) in [6.45, 7) is 3.19. The largest absolute Gasteiger partial charge is 0.454 e. The number of nitro benzene ring substituents is 1. The predicted octanol–water partition coefficient (Wildman–Crippen LogP) is 2.17. The first kappa shape index (κ1) is 17.2. The fraction of sp³-hybridized carbons (Fsp3) is 0.250. The van der Waals surface area contributed by atoms with E-state index in [0.717, 1.165) is 17.5 Å². The number of hydrogen-bond acceptors (Lipinski definition) is 6. The van der Waals surface area contributed by atoms with Crippen LogP contribution < -0.4 is 5.73 Å². The Kier molecular flexibility index (Phi) is 4.68. The lowest BCUT2D eigenvalue weighted by Crippen LogP contribution is -2.16. The van der Waals surface area contributed by atoms with Gasteiger partial charge in [0.2, 0.25) is 5.78 Å². The Bertz CT molecular complexity index is 838. The molecule has 8 nitrogen and oxygen atoms in total. The summed E-state index contributed by atoms with van der Waals surface area (Å²) >= 11 is 0. The molecular formula is C16H17N3O5. The molecule has 0 bridgehead atoms. The number of ether oxygens (including phenoxy) is 1. The van der Waals surface area contributed by atoms with Crippen LogP contribution in [0.5, 0.6) is 0 Å². The topological polar surface area (TPSA) is 117 Å². The molecule has 24 heavy (non-hydrogen) atoms. The second kappa shape index (κ2) is 6.53. The molecule has 0 spiro atoms. The predicted molar refractivity (Wildman–Crippen MR) is 87.0 cm³/mol. The van der Waals surface area contributed by atoms with E-state index in [9.17, 15) is 19.7 Å². The zero-order valence-electron chi connectivity index (χ0n) is 13.5. The maximum absolute atomic E-state index is 12.2. The van der Waals surface area contributed by atoms with E-state index in [4.69, 9.17) is 10.5 Å². The van der Waals surface area contributed by atoms with Crippen molar-refractivity contribution in [3.8, 4) is 0 Å². The van der Waals surface area contributed by atoms with Gasteiger partial charge in [-0.05, 0) is 26.0 Å². The van der Waals surface area contributed by atoms with Gasteiger partial charge in [0.1, 0.15) is 0 Å². The van der Waals surface area contributed by atoms with Crippen LogP contribution in [0.15, 0.2) is 24.3 Å². The van der Waals surface area contributed by atoms with Gasteiger partial charge in [-0.3, -0.25) is 14.9 Å². The van der Waals surface area contributed by atoms with Crippen LogP contribution in [0.2, 0.25) is 0 Å². The van der Waals surface area contributed by atoms with Crippen LogP contribution in [0.4, 0.5) is 11.4 Å². The summed E-state index contributed by atoms with van der Waals surface area (Å²) in [5.41, 5.74) is 7.41. The van der Waals surface area contributed by atoms with Gasteiger partial charge in [0.25, 0.3) is 5.69 Å². The highest BCUT2D eigenvalue weighted by Gasteiger charge is 2.20. The molecule has 1 aromatic heterocycles. The van der Waals surface area contributed by atoms with E-state index < -0.39 is 17.5 Å². The van der Waals surface area contributed by atoms with E-state index in [1.165, 1.54) is 12.1 Å². The van der Waals surface area contributed by atoms with Crippen LogP contribution in [-0.4, -0.2) is 27.8 Å². The Hall–Kier alpha value is -3.16. The maximum atomic E-state index is 12.2. The number of aromatic nitrogens is 1. The molecule has 2 N–H and O–H groups in total. The molecule has 0 saturated carbocycles. The van der Waals surface area contributed by atoms with Gasteiger partial charge >= 0.3 is 5.97 Å². The average Bonchev–Trinajstić information content (AvgIpc) is 2.80. The maximum Gasteiger partial charge on any atom is 0.340 e. The molecule has 0 atom stereocenters. The summed E-state index contributed by atoms with van der Waals surface area (Å²) in [5, 5.41) is 10.8. The van der Waals surface area contributed by atoms with Gasteiger partial charge in [0.05, 0.1) is 10.5 Å². The second-order valence-corrected chi connectivity index (χ2v) is 5.37. The van der Waals surface area contributed by atoms with Crippen LogP contribution in [0, 0.1) is 24.0 Å². The molecule has 0 aliphatic carbocycles. The molecule has 0 fully saturated rings. The molecule has 0 saturated heterocycles. The number of nitrogens with two attached hydrogens (primary N) is 1. The molecule has 1 aromatic carbocycles. The van der Waals surface area contributed by atoms with Gasteiger partial charge in [-0.1, -0.05) is 0 Å². The SMILES string of the molecule is Cc1cc(C(=O)COC(=O)c2cc([N+](=O)[O-])ccc2N)c(C)n1C. The average molecular weight is 331 g/mol.